The molecule has 4 aromatic rings. The third kappa shape index (κ3) is 4.98. The van der Waals surface area contributed by atoms with Crippen LogP contribution in [0.1, 0.15) is 30.4 Å². The van der Waals surface area contributed by atoms with Crippen LogP contribution in [0.25, 0.3) is 31.9 Å². The highest BCUT2D eigenvalue weighted by atomic mass is 32.1. The molecule has 0 saturated carbocycles. The van der Waals surface area contributed by atoms with E-state index in [4.69, 9.17) is 4.98 Å². The van der Waals surface area contributed by atoms with Gasteiger partial charge >= 0.3 is 12.1 Å². The number of benzene rings is 2. The average Bonchev–Trinajstić information content (AvgIpc) is 3.21. The quantitative estimate of drug-likeness (QED) is 0.295. The number of rotatable bonds is 6. The van der Waals surface area contributed by atoms with Crippen LogP contribution in [0.5, 0.6) is 0 Å². The number of nitrogens with zero attached hydrogens (tertiary/aromatic N) is 1. The number of alkyl halides is 3. The molecule has 1 atom stereocenters. The summed E-state index contributed by atoms with van der Waals surface area (Å²) < 4.78 is 40.1. The van der Waals surface area contributed by atoms with E-state index in [9.17, 15) is 23.1 Å². The Morgan fingerprint density at radius 1 is 1.06 bits per heavy atom. The Kier molecular flexibility index (Phi) is 6.08. The van der Waals surface area contributed by atoms with Crippen molar-refractivity contribution in [2.45, 2.75) is 25.4 Å². The number of halogens is 3. The van der Waals surface area contributed by atoms with Gasteiger partial charge in [0.25, 0.3) is 0 Å². The molecule has 1 unspecified atom stereocenters. The third-order valence-electron chi connectivity index (χ3n) is 5.29. The highest BCUT2D eigenvalue weighted by Crippen LogP contribution is 2.37. The Morgan fingerprint density at radius 2 is 1.73 bits per heavy atom. The summed E-state index contributed by atoms with van der Waals surface area (Å²) in [4.78, 5) is 17.6. The second-order valence-electron chi connectivity index (χ2n) is 7.95. The van der Waals surface area contributed by atoms with Gasteiger partial charge in [0.05, 0.1) is 27.7 Å². The van der Waals surface area contributed by atoms with Crippen LogP contribution < -0.4 is 0 Å². The van der Waals surface area contributed by atoms with Crippen molar-refractivity contribution in [1.29, 1.82) is 0 Å². The molecule has 4 rings (SSSR count). The van der Waals surface area contributed by atoms with Crippen molar-refractivity contribution >= 4 is 27.4 Å². The third-order valence-corrected chi connectivity index (χ3v) is 6.43. The zero-order valence-electron chi connectivity index (χ0n) is 17.7. The van der Waals surface area contributed by atoms with E-state index >= 15 is 0 Å². The smallest absolute Gasteiger partial charge is 0.416 e. The number of carboxylic acids is 1. The molecule has 0 fully saturated rings. The summed E-state index contributed by atoms with van der Waals surface area (Å²) in [7, 11) is 0. The highest BCUT2D eigenvalue weighted by molar-refractivity contribution is 7.22. The number of hydrogen-bond donors (Lipinski definition) is 1. The summed E-state index contributed by atoms with van der Waals surface area (Å²) in [6.45, 7) is 5.61. The fourth-order valence-corrected chi connectivity index (χ4v) is 4.68. The summed E-state index contributed by atoms with van der Waals surface area (Å²) >= 11 is 1.53. The van der Waals surface area contributed by atoms with E-state index in [2.05, 4.69) is 6.58 Å². The molecule has 7 heteroatoms. The van der Waals surface area contributed by atoms with Crippen LogP contribution in [0.4, 0.5) is 13.2 Å². The number of carboxylic acid groups (broad SMARTS) is 1. The van der Waals surface area contributed by atoms with Crippen molar-refractivity contribution in [2.75, 3.05) is 0 Å². The first-order valence-corrected chi connectivity index (χ1v) is 11.0. The molecule has 2 heterocycles. The maximum Gasteiger partial charge on any atom is 0.416 e. The van der Waals surface area contributed by atoms with E-state index < -0.39 is 23.6 Å². The van der Waals surface area contributed by atoms with Gasteiger partial charge in [-0.25, -0.2) is 4.98 Å². The molecule has 33 heavy (non-hydrogen) atoms. The molecule has 0 spiro atoms. The summed E-state index contributed by atoms with van der Waals surface area (Å²) in [6, 6.07) is 17.9. The van der Waals surface area contributed by atoms with Gasteiger partial charge in [-0.3, -0.25) is 4.79 Å². The number of thiophene rings is 1. The molecular formula is C26H20F3NO2S. The molecule has 0 aliphatic carbocycles. The Balaban J connectivity index is 1.87. The van der Waals surface area contributed by atoms with Crippen molar-refractivity contribution in [3.63, 3.8) is 0 Å². The van der Waals surface area contributed by atoms with Crippen molar-refractivity contribution in [3.8, 4) is 21.8 Å². The Morgan fingerprint density at radius 3 is 2.33 bits per heavy atom. The van der Waals surface area contributed by atoms with E-state index in [0.29, 0.717) is 22.5 Å². The fraction of sp³-hybridized carbons (Fsp3) is 0.154. The zero-order valence-corrected chi connectivity index (χ0v) is 18.5. The Hall–Kier alpha value is -3.45. The van der Waals surface area contributed by atoms with Crippen molar-refractivity contribution in [2.24, 2.45) is 0 Å². The van der Waals surface area contributed by atoms with Gasteiger partial charge < -0.3 is 5.11 Å². The molecule has 168 valence electrons. The number of pyridine rings is 1. The van der Waals surface area contributed by atoms with E-state index in [1.54, 1.807) is 19.1 Å². The number of hydrogen-bond acceptors (Lipinski definition) is 3. The van der Waals surface area contributed by atoms with Gasteiger partial charge in [0.1, 0.15) is 0 Å². The molecule has 0 aliphatic rings. The number of carbonyl (C=O) groups is 1. The maximum absolute atomic E-state index is 13.0. The standard InChI is InChI=1S/C26H20F3NO2S/c1-15(2)11-20(25(31)32)18-12-21(16-7-9-19(10-8-16)26(27,28)29)30-22(13-18)24-14-17-5-3-4-6-23(17)33-24/h3-10,12-14,20H,1,11H2,2H3,(H,31,32). The van der Waals surface area contributed by atoms with Gasteiger partial charge in [-0.15, -0.1) is 17.9 Å². The topological polar surface area (TPSA) is 50.2 Å². The first-order chi connectivity index (χ1) is 15.6. The number of allylic oxidation sites excluding steroid dienone is 1. The number of fused-ring (bicyclic) bond motifs is 1. The predicted octanol–water partition coefficient (Wildman–Crippen LogP) is 7.78. The van der Waals surface area contributed by atoms with Crippen LogP contribution in [-0.4, -0.2) is 16.1 Å². The lowest BCUT2D eigenvalue weighted by molar-refractivity contribution is -0.139. The minimum atomic E-state index is -4.44. The minimum Gasteiger partial charge on any atom is -0.481 e. The lowest BCUT2D eigenvalue weighted by Crippen LogP contribution is -2.12. The molecule has 2 aromatic carbocycles. The molecule has 2 aromatic heterocycles. The summed E-state index contributed by atoms with van der Waals surface area (Å²) in [5.74, 6) is -1.84. The zero-order chi connectivity index (χ0) is 23.8. The first kappa shape index (κ1) is 22.7. The second-order valence-corrected chi connectivity index (χ2v) is 9.03. The van der Waals surface area contributed by atoms with Gasteiger partial charge in [-0.2, -0.15) is 13.2 Å². The molecule has 0 radical (unpaired) electrons. The molecule has 3 nitrogen and oxygen atoms in total. The predicted molar refractivity (Wildman–Crippen MR) is 125 cm³/mol. The van der Waals surface area contributed by atoms with Crippen LogP contribution in [0.3, 0.4) is 0 Å². The molecule has 1 N–H and O–H groups in total. The lowest BCUT2D eigenvalue weighted by atomic mass is 9.91. The second kappa shape index (κ2) is 8.83. The van der Waals surface area contributed by atoms with Gasteiger partial charge in [0.2, 0.25) is 0 Å². The average molecular weight is 468 g/mol. The van der Waals surface area contributed by atoms with Gasteiger partial charge in [-0.1, -0.05) is 35.9 Å². The Labute approximate surface area is 192 Å². The highest BCUT2D eigenvalue weighted by Gasteiger charge is 2.30. The van der Waals surface area contributed by atoms with E-state index in [1.165, 1.54) is 23.5 Å². The van der Waals surface area contributed by atoms with Crippen molar-refractivity contribution in [3.05, 3.63) is 90.0 Å². The van der Waals surface area contributed by atoms with Gasteiger partial charge in [0, 0.05) is 10.3 Å². The van der Waals surface area contributed by atoms with Crippen LogP contribution >= 0.6 is 11.3 Å². The molecule has 0 amide bonds. The van der Waals surface area contributed by atoms with Gasteiger partial charge in [-0.05, 0) is 60.7 Å². The summed E-state index contributed by atoms with van der Waals surface area (Å²) in [5.41, 5.74) is 1.98. The monoisotopic (exact) mass is 467 g/mol. The molecular weight excluding hydrogens is 447 g/mol. The van der Waals surface area contributed by atoms with Crippen LogP contribution in [-0.2, 0) is 11.0 Å². The summed E-state index contributed by atoms with van der Waals surface area (Å²) in [5, 5.41) is 10.9. The van der Waals surface area contributed by atoms with E-state index in [0.717, 1.165) is 32.7 Å². The van der Waals surface area contributed by atoms with Crippen LogP contribution in [0, 0.1) is 0 Å². The van der Waals surface area contributed by atoms with E-state index in [-0.39, 0.29) is 6.42 Å². The SMILES string of the molecule is C=C(C)CC(C(=O)O)c1cc(-c2ccc(C(F)(F)F)cc2)nc(-c2cc3ccccc3s2)c1. The normalized spacial score (nSPS) is 12.6. The fourth-order valence-electron chi connectivity index (χ4n) is 3.66. The Bertz CT molecular complexity index is 1310. The van der Waals surface area contributed by atoms with Crippen LogP contribution in [0.15, 0.2) is 78.9 Å². The van der Waals surface area contributed by atoms with Crippen molar-refractivity contribution in [1.82, 2.24) is 4.98 Å². The van der Waals surface area contributed by atoms with Crippen LogP contribution in [0.2, 0.25) is 0 Å². The number of aliphatic carboxylic acids is 1. The molecule has 0 bridgehead atoms. The molecule has 0 saturated heterocycles. The summed E-state index contributed by atoms with van der Waals surface area (Å²) in [6.07, 6.45) is -4.19. The lowest BCUT2D eigenvalue weighted by Gasteiger charge is -2.16. The molecule has 0 aliphatic heterocycles. The number of aromatic nitrogens is 1. The van der Waals surface area contributed by atoms with Crippen molar-refractivity contribution < 1.29 is 23.1 Å². The minimum absolute atomic E-state index is 0.248. The van der Waals surface area contributed by atoms with Gasteiger partial charge in [0.15, 0.2) is 0 Å². The first-order valence-electron chi connectivity index (χ1n) is 10.2. The largest absolute Gasteiger partial charge is 0.481 e. The van der Waals surface area contributed by atoms with E-state index in [1.807, 2.05) is 30.3 Å². The maximum atomic E-state index is 13.0.